The Hall–Kier alpha value is -1.62. The first-order valence-corrected chi connectivity index (χ1v) is 7.29. The summed E-state index contributed by atoms with van der Waals surface area (Å²) in [6.07, 6.45) is 2.03. The smallest absolute Gasteiger partial charge is 0.208 e. The van der Waals surface area contributed by atoms with Crippen molar-refractivity contribution in [2.45, 2.75) is 19.8 Å². The van der Waals surface area contributed by atoms with Gasteiger partial charge >= 0.3 is 0 Å². The number of benzene rings is 1. The average molecular weight is 275 g/mol. The molecule has 0 spiro atoms. The highest BCUT2D eigenvalue weighted by atomic mass is 32.1. The number of hydrogen-bond acceptors (Lipinski definition) is 5. The van der Waals surface area contributed by atoms with Crippen molar-refractivity contribution in [1.82, 2.24) is 10.2 Å². The van der Waals surface area contributed by atoms with E-state index >= 15 is 0 Å². The normalized spacial score (nSPS) is 14.9. The van der Waals surface area contributed by atoms with E-state index in [1.54, 1.807) is 18.4 Å². The number of anilines is 1. The van der Waals surface area contributed by atoms with Gasteiger partial charge in [0.15, 0.2) is 0 Å². The predicted octanol–water partition coefficient (Wildman–Crippen LogP) is 2.46. The molecule has 0 unspecified atom stereocenters. The molecule has 0 aliphatic carbocycles. The quantitative estimate of drug-likeness (QED) is 0.844. The number of aromatic nitrogens is 2. The molecule has 2 heterocycles. The van der Waals surface area contributed by atoms with Crippen molar-refractivity contribution in [3.63, 3.8) is 0 Å². The summed E-state index contributed by atoms with van der Waals surface area (Å²) in [4.78, 5) is 2.32. The van der Waals surface area contributed by atoms with E-state index in [2.05, 4.69) is 27.2 Å². The second-order valence-electron chi connectivity index (χ2n) is 4.69. The molecule has 0 atom stereocenters. The lowest BCUT2D eigenvalue weighted by Crippen LogP contribution is -2.25. The van der Waals surface area contributed by atoms with Gasteiger partial charge in [0.25, 0.3) is 0 Å². The van der Waals surface area contributed by atoms with Gasteiger partial charge in [-0.25, -0.2) is 0 Å². The molecule has 0 radical (unpaired) electrons. The number of ether oxygens (including phenoxy) is 1. The van der Waals surface area contributed by atoms with Gasteiger partial charge in [0.1, 0.15) is 10.8 Å². The molecule has 4 nitrogen and oxygen atoms in total. The molecule has 2 aromatic rings. The van der Waals surface area contributed by atoms with Gasteiger partial charge in [0, 0.05) is 13.1 Å². The van der Waals surface area contributed by atoms with Crippen LogP contribution in [0.4, 0.5) is 5.13 Å². The number of rotatable bonds is 2. The van der Waals surface area contributed by atoms with Crippen molar-refractivity contribution >= 4 is 16.5 Å². The van der Waals surface area contributed by atoms with E-state index in [1.807, 2.05) is 13.0 Å². The van der Waals surface area contributed by atoms with Crippen LogP contribution < -0.4 is 9.64 Å². The van der Waals surface area contributed by atoms with Gasteiger partial charge in [0.2, 0.25) is 5.13 Å². The molecule has 1 aromatic heterocycles. The van der Waals surface area contributed by atoms with Crippen LogP contribution in [-0.2, 0) is 12.8 Å². The first kappa shape index (κ1) is 12.4. The summed E-state index contributed by atoms with van der Waals surface area (Å²) < 4.78 is 5.47. The zero-order valence-corrected chi connectivity index (χ0v) is 12.0. The number of fused-ring (bicyclic) bond motifs is 1. The molecule has 0 fully saturated rings. The minimum absolute atomic E-state index is 0.974. The van der Waals surface area contributed by atoms with Crippen molar-refractivity contribution in [3.8, 4) is 5.75 Å². The van der Waals surface area contributed by atoms with Crippen molar-refractivity contribution in [2.75, 3.05) is 25.1 Å². The molecule has 1 aliphatic rings. The second kappa shape index (κ2) is 5.17. The van der Waals surface area contributed by atoms with Gasteiger partial charge in [0.05, 0.1) is 7.11 Å². The summed E-state index contributed by atoms with van der Waals surface area (Å²) in [7, 11) is 1.74. The highest BCUT2D eigenvalue weighted by Gasteiger charge is 2.19. The van der Waals surface area contributed by atoms with Gasteiger partial charge in [-0.1, -0.05) is 23.5 Å². The molecule has 0 saturated heterocycles. The molecule has 1 aromatic carbocycles. The lowest BCUT2D eigenvalue weighted by atomic mass is 10.0. The van der Waals surface area contributed by atoms with Crippen molar-refractivity contribution in [3.05, 3.63) is 34.3 Å². The van der Waals surface area contributed by atoms with Crippen LogP contribution in [0.5, 0.6) is 5.75 Å². The van der Waals surface area contributed by atoms with Crippen molar-refractivity contribution in [2.24, 2.45) is 0 Å². The molecule has 3 rings (SSSR count). The van der Waals surface area contributed by atoms with E-state index in [4.69, 9.17) is 4.74 Å². The van der Waals surface area contributed by atoms with E-state index in [9.17, 15) is 0 Å². The zero-order chi connectivity index (χ0) is 13.2. The number of methoxy groups -OCH3 is 1. The Morgan fingerprint density at radius 2 is 2.05 bits per heavy atom. The van der Waals surface area contributed by atoms with Gasteiger partial charge in [-0.05, 0) is 37.0 Å². The van der Waals surface area contributed by atoms with E-state index in [0.717, 1.165) is 41.8 Å². The Balaban J connectivity index is 1.85. The largest absolute Gasteiger partial charge is 0.496 e. The maximum Gasteiger partial charge on any atom is 0.208 e. The number of nitrogens with zero attached hydrogens (tertiary/aromatic N) is 3. The molecular formula is C14H17N3OS. The monoisotopic (exact) mass is 275 g/mol. The van der Waals surface area contributed by atoms with Gasteiger partial charge in [-0.3, -0.25) is 0 Å². The summed E-state index contributed by atoms with van der Waals surface area (Å²) in [5.41, 5.74) is 2.73. The zero-order valence-electron chi connectivity index (χ0n) is 11.2. The second-order valence-corrected chi connectivity index (χ2v) is 5.85. The molecule has 100 valence electrons. The Morgan fingerprint density at radius 3 is 2.79 bits per heavy atom. The summed E-state index contributed by atoms with van der Waals surface area (Å²) >= 11 is 1.66. The minimum atomic E-state index is 0.974. The van der Waals surface area contributed by atoms with Crippen LogP contribution in [-0.4, -0.2) is 30.4 Å². The van der Waals surface area contributed by atoms with E-state index < -0.39 is 0 Å². The molecule has 0 bridgehead atoms. The SMILES string of the molecule is COc1cccc2c1CCN(c1nnc(C)s1)CC2. The molecule has 0 saturated carbocycles. The van der Waals surface area contributed by atoms with E-state index in [0.29, 0.717) is 0 Å². The van der Waals surface area contributed by atoms with E-state index in [-0.39, 0.29) is 0 Å². The van der Waals surface area contributed by atoms with Crippen LogP contribution in [0.3, 0.4) is 0 Å². The number of hydrogen-bond donors (Lipinski definition) is 0. The first-order chi connectivity index (χ1) is 9.28. The van der Waals surface area contributed by atoms with Crippen LogP contribution in [0, 0.1) is 6.92 Å². The third-order valence-corrected chi connectivity index (χ3v) is 4.42. The van der Waals surface area contributed by atoms with Gasteiger partial charge in [-0.15, -0.1) is 10.2 Å². The molecule has 19 heavy (non-hydrogen) atoms. The van der Waals surface area contributed by atoms with Crippen molar-refractivity contribution in [1.29, 1.82) is 0 Å². The van der Waals surface area contributed by atoms with Crippen LogP contribution in [0.15, 0.2) is 18.2 Å². The van der Waals surface area contributed by atoms with Crippen LogP contribution in [0.25, 0.3) is 0 Å². The maximum absolute atomic E-state index is 5.47. The lowest BCUT2D eigenvalue weighted by molar-refractivity contribution is 0.409. The fraction of sp³-hybridized carbons (Fsp3) is 0.429. The summed E-state index contributed by atoms with van der Waals surface area (Å²) in [6.45, 7) is 3.97. The highest BCUT2D eigenvalue weighted by Crippen LogP contribution is 2.28. The minimum Gasteiger partial charge on any atom is -0.496 e. The van der Waals surface area contributed by atoms with E-state index in [1.165, 1.54) is 11.1 Å². The third-order valence-electron chi connectivity index (χ3n) is 3.52. The summed E-state index contributed by atoms with van der Waals surface area (Å²) in [5.74, 6) is 1.01. The Bertz CT molecular complexity index is 582. The molecule has 0 N–H and O–H groups in total. The average Bonchev–Trinajstić information content (AvgIpc) is 2.74. The van der Waals surface area contributed by atoms with Crippen molar-refractivity contribution < 1.29 is 4.74 Å². The molecule has 0 amide bonds. The highest BCUT2D eigenvalue weighted by molar-refractivity contribution is 7.15. The maximum atomic E-state index is 5.47. The molecule has 5 heteroatoms. The standard InChI is InChI=1S/C14H17N3OS/c1-10-15-16-14(19-10)17-8-6-11-4-3-5-13(18-2)12(11)7-9-17/h3-5H,6-9H2,1-2H3. The Kier molecular flexibility index (Phi) is 3.38. The van der Waals surface area contributed by atoms with Crippen LogP contribution in [0.2, 0.25) is 0 Å². The Morgan fingerprint density at radius 1 is 1.21 bits per heavy atom. The lowest BCUT2D eigenvalue weighted by Gasteiger charge is -2.17. The summed E-state index contributed by atoms with van der Waals surface area (Å²) in [5, 5.41) is 10.4. The molecular weight excluding hydrogens is 258 g/mol. The van der Waals surface area contributed by atoms with Crippen LogP contribution in [0.1, 0.15) is 16.1 Å². The fourth-order valence-electron chi connectivity index (χ4n) is 2.54. The first-order valence-electron chi connectivity index (χ1n) is 6.48. The van der Waals surface area contributed by atoms with Gasteiger partial charge < -0.3 is 9.64 Å². The van der Waals surface area contributed by atoms with Crippen LogP contribution >= 0.6 is 11.3 Å². The topological polar surface area (TPSA) is 38.2 Å². The summed E-state index contributed by atoms with van der Waals surface area (Å²) in [6, 6.07) is 6.32. The molecule has 1 aliphatic heterocycles. The number of aryl methyl sites for hydroxylation is 1. The Labute approximate surface area is 117 Å². The predicted molar refractivity (Wildman–Crippen MR) is 77.3 cm³/mol. The third kappa shape index (κ3) is 2.42. The van der Waals surface area contributed by atoms with Gasteiger partial charge in [-0.2, -0.15) is 0 Å². The fourth-order valence-corrected chi connectivity index (χ4v) is 3.28.